The van der Waals surface area contributed by atoms with Crippen LogP contribution in [0.2, 0.25) is 0 Å². The van der Waals surface area contributed by atoms with Gasteiger partial charge in [-0.3, -0.25) is 19.9 Å². The van der Waals surface area contributed by atoms with Crippen molar-refractivity contribution in [3.05, 3.63) is 41.7 Å². The number of H-pyrrole nitrogens is 1. The van der Waals surface area contributed by atoms with Gasteiger partial charge in [0.1, 0.15) is 5.82 Å². The monoisotopic (exact) mass is 314 g/mol. The van der Waals surface area contributed by atoms with Crippen LogP contribution in [0.1, 0.15) is 38.0 Å². The second-order valence-corrected chi connectivity index (χ2v) is 7.27. The molecule has 2 aromatic heterocycles. The van der Waals surface area contributed by atoms with Crippen LogP contribution >= 0.6 is 0 Å². The highest BCUT2D eigenvalue weighted by atomic mass is 15.3. The maximum Gasteiger partial charge on any atom is 0.156 e. The van der Waals surface area contributed by atoms with Crippen LogP contribution in [-0.4, -0.2) is 56.1 Å². The molecule has 1 aliphatic heterocycles. The number of hydrogen-bond donors (Lipinski definition) is 1. The molecule has 0 atom stereocenters. The molecule has 2 aromatic rings. The Morgan fingerprint density at radius 2 is 1.78 bits per heavy atom. The molecule has 0 unspecified atom stereocenters. The van der Waals surface area contributed by atoms with Gasteiger partial charge in [-0.05, 0) is 11.6 Å². The molecule has 0 spiro atoms. The number of aromatic amines is 1. The molecule has 6 nitrogen and oxygen atoms in total. The van der Waals surface area contributed by atoms with Gasteiger partial charge < -0.3 is 0 Å². The molecule has 6 heteroatoms. The summed E-state index contributed by atoms with van der Waals surface area (Å²) in [6.07, 6.45) is 3.78. The highest BCUT2D eigenvalue weighted by Gasteiger charge is 2.21. The molecule has 0 amide bonds. The average molecular weight is 314 g/mol. The van der Waals surface area contributed by atoms with E-state index in [2.05, 4.69) is 56.8 Å². The lowest BCUT2D eigenvalue weighted by Crippen LogP contribution is -2.45. The zero-order valence-corrected chi connectivity index (χ0v) is 14.3. The molecule has 3 rings (SSSR count). The van der Waals surface area contributed by atoms with Gasteiger partial charge in [-0.2, -0.15) is 5.10 Å². The maximum absolute atomic E-state index is 4.63. The molecular weight excluding hydrogens is 288 g/mol. The van der Waals surface area contributed by atoms with Crippen LogP contribution in [0.5, 0.6) is 0 Å². The smallest absolute Gasteiger partial charge is 0.156 e. The number of nitrogens with zero attached hydrogens (tertiary/aromatic N) is 5. The van der Waals surface area contributed by atoms with E-state index in [-0.39, 0.29) is 5.41 Å². The molecule has 0 aliphatic carbocycles. The molecule has 0 saturated carbocycles. The van der Waals surface area contributed by atoms with E-state index in [0.29, 0.717) is 0 Å². The second kappa shape index (κ2) is 6.76. The van der Waals surface area contributed by atoms with E-state index < -0.39 is 0 Å². The van der Waals surface area contributed by atoms with Gasteiger partial charge in [0.25, 0.3) is 0 Å². The summed E-state index contributed by atoms with van der Waals surface area (Å²) in [5, 5.41) is 7.43. The first-order chi connectivity index (χ1) is 11.0. The summed E-state index contributed by atoms with van der Waals surface area (Å²) >= 11 is 0. The van der Waals surface area contributed by atoms with Crippen LogP contribution in [0, 0.1) is 0 Å². The van der Waals surface area contributed by atoms with Gasteiger partial charge in [-0.25, -0.2) is 4.98 Å². The zero-order valence-electron chi connectivity index (χ0n) is 14.3. The van der Waals surface area contributed by atoms with E-state index in [4.69, 9.17) is 0 Å². The minimum atomic E-state index is -0.00281. The van der Waals surface area contributed by atoms with Gasteiger partial charge >= 0.3 is 0 Å². The van der Waals surface area contributed by atoms with E-state index >= 15 is 0 Å². The summed E-state index contributed by atoms with van der Waals surface area (Å²) in [7, 11) is 0. The van der Waals surface area contributed by atoms with Crippen molar-refractivity contribution in [2.45, 2.75) is 39.3 Å². The van der Waals surface area contributed by atoms with Crippen LogP contribution in [0.25, 0.3) is 0 Å². The average Bonchev–Trinajstić information content (AvgIpc) is 2.99. The number of rotatable bonds is 4. The maximum atomic E-state index is 4.63. The lowest BCUT2D eigenvalue weighted by molar-refractivity contribution is 0.120. The van der Waals surface area contributed by atoms with Gasteiger partial charge in [-0.15, -0.1) is 0 Å². The van der Waals surface area contributed by atoms with Crippen LogP contribution in [0.15, 0.2) is 24.5 Å². The number of hydrogen-bond acceptors (Lipinski definition) is 5. The fraction of sp³-hybridized carbons (Fsp3) is 0.588. The van der Waals surface area contributed by atoms with Crippen molar-refractivity contribution >= 4 is 0 Å². The summed E-state index contributed by atoms with van der Waals surface area (Å²) < 4.78 is 0. The molecule has 1 aliphatic rings. The number of nitrogens with one attached hydrogen (secondary N) is 1. The van der Waals surface area contributed by atoms with Gasteiger partial charge in [0, 0.05) is 50.5 Å². The van der Waals surface area contributed by atoms with Gasteiger partial charge in [0.05, 0.1) is 6.54 Å². The van der Waals surface area contributed by atoms with Gasteiger partial charge in [0.2, 0.25) is 0 Å². The number of aromatic nitrogens is 4. The summed E-state index contributed by atoms with van der Waals surface area (Å²) in [5.74, 6) is 1.86. The highest BCUT2D eigenvalue weighted by Crippen LogP contribution is 2.18. The lowest BCUT2D eigenvalue weighted by Gasteiger charge is -2.34. The van der Waals surface area contributed by atoms with Crippen molar-refractivity contribution in [3.8, 4) is 0 Å². The Bertz CT molecular complexity index is 608. The summed E-state index contributed by atoms with van der Waals surface area (Å²) in [4.78, 5) is 13.7. The molecule has 0 aromatic carbocycles. The molecule has 1 fully saturated rings. The molecule has 124 valence electrons. The number of piperazine rings is 1. The van der Waals surface area contributed by atoms with Crippen LogP contribution in [0.4, 0.5) is 0 Å². The Hall–Kier alpha value is -1.79. The fourth-order valence-corrected chi connectivity index (χ4v) is 2.77. The fourth-order valence-electron chi connectivity index (χ4n) is 2.77. The predicted octanol–water partition coefficient (Wildman–Crippen LogP) is 1.81. The van der Waals surface area contributed by atoms with Gasteiger partial charge in [0.15, 0.2) is 5.82 Å². The van der Waals surface area contributed by atoms with Crippen LogP contribution in [-0.2, 0) is 18.5 Å². The van der Waals surface area contributed by atoms with E-state index in [1.165, 1.54) is 5.56 Å². The summed E-state index contributed by atoms with van der Waals surface area (Å²) in [6.45, 7) is 12.5. The van der Waals surface area contributed by atoms with Crippen LogP contribution < -0.4 is 0 Å². The van der Waals surface area contributed by atoms with Crippen LogP contribution in [0.3, 0.4) is 0 Å². The van der Waals surface area contributed by atoms with Crippen molar-refractivity contribution in [2.75, 3.05) is 26.2 Å². The standard InChI is InChI=1S/C17H26N6/c1-17(2,3)16-19-15(20-21-16)13-23-9-7-22(8-10-23)12-14-5-4-6-18-11-14/h4-6,11H,7-10,12-13H2,1-3H3,(H,19,20,21). The third kappa shape index (κ3) is 4.36. The van der Waals surface area contributed by atoms with Crippen molar-refractivity contribution in [3.63, 3.8) is 0 Å². The molecule has 3 heterocycles. The quantitative estimate of drug-likeness (QED) is 0.933. The molecular formula is C17H26N6. The summed E-state index contributed by atoms with van der Waals surface area (Å²) in [5.41, 5.74) is 1.28. The summed E-state index contributed by atoms with van der Waals surface area (Å²) in [6, 6.07) is 4.14. The topological polar surface area (TPSA) is 60.9 Å². The molecule has 1 N–H and O–H groups in total. The Labute approximate surface area is 137 Å². The molecule has 0 bridgehead atoms. The largest absolute Gasteiger partial charge is 0.296 e. The Kier molecular flexibility index (Phi) is 4.73. The van der Waals surface area contributed by atoms with Crippen molar-refractivity contribution in [1.82, 2.24) is 30.0 Å². The molecule has 23 heavy (non-hydrogen) atoms. The Balaban J connectivity index is 1.48. The minimum Gasteiger partial charge on any atom is -0.296 e. The third-order valence-corrected chi connectivity index (χ3v) is 4.17. The number of pyridine rings is 1. The first kappa shape index (κ1) is 16.1. The first-order valence-corrected chi connectivity index (χ1v) is 8.26. The highest BCUT2D eigenvalue weighted by molar-refractivity contribution is 5.08. The Morgan fingerprint density at radius 1 is 1.09 bits per heavy atom. The third-order valence-electron chi connectivity index (χ3n) is 4.17. The van der Waals surface area contributed by atoms with Gasteiger partial charge in [-0.1, -0.05) is 26.8 Å². The minimum absolute atomic E-state index is 0.00281. The van der Waals surface area contributed by atoms with Crippen molar-refractivity contribution in [1.29, 1.82) is 0 Å². The normalized spacial score (nSPS) is 17.5. The lowest BCUT2D eigenvalue weighted by atomic mass is 9.96. The van der Waals surface area contributed by atoms with E-state index in [1.54, 1.807) is 0 Å². The van der Waals surface area contributed by atoms with E-state index in [9.17, 15) is 0 Å². The molecule has 0 radical (unpaired) electrons. The van der Waals surface area contributed by atoms with Crippen molar-refractivity contribution in [2.24, 2.45) is 0 Å². The van der Waals surface area contributed by atoms with E-state index in [1.807, 2.05) is 18.5 Å². The molecule has 1 saturated heterocycles. The van der Waals surface area contributed by atoms with Crippen molar-refractivity contribution < 1.29 is 0 Å². The predicted molar refractivity (Wildman–Crippen MR) is 89.9 cm³/mol. The zero-order chi connectivity index (χ0) is 16.3. The first-order valence-electron chi connectivity index (χ1n) is 8.26. The Morgan fingerprint density at radius 3 is 2.35 bits per heavy atom. The van der Waals surface area contributed by atoms with E-state index in [0.717, 1.165) is 50.9 Å². The second-order valence-electron chi connectivity index (χ2n) is 7.27. The SMILES string of the molecule is CC(C)(C)c1n[nH]c(CN2CCN(Cc3cccnc3)CC2)n1.